The van der Waals surface area contributed by atoms with Gasteiger partial charge in [-0.1, -0.05) is 146 Å². The summed E-state index contributed by atoms with van der Waals surface area (Å²) in [6, 6.07) is 62.4. The van der Waals surface area contributed by atoms with Crippen molar-refractivity contribution in [3.8, 4) is 55.9 Å². The van der Waals surface area contributed by atoms with Gasteiger partial charge in [0.05, 0.1) is 22.4 Å². The van der Waals surface area contributed by atoms with Gasteiger partial charge >= 0.3 is 0 Å². The molecule has 0 bridgehead atoms. The van der Waals surface area contributed by atoms with Gasteiger partial charge in [0.2, 0.25) is 0 Å². The topological polar surface area (TPSA) is 38.7 Å². The van der Waals surface area contributed by atoms with E-state index in [1.165, 1.54) is 49.0 Å². The van der Waals surface area contributed by atoms with Crippen molar-refractivity contribution in [3.63, 3.8) is 0 Å². The average Bonchev–Trinajstić information content (AvgIpc) is 3.22. The van der Waals surface area contributed by atoms with Crippen LogP contribution >= 0.6 is 0 Å². The first-order valence-electron chi connectivity index (χ1n) is 17.6. The molecular formula is C49H31N3. The zero-order valence-electron chi connectivity index (χ0n) is 28.2. The number of fused-ring (bicyclic) bond motifs is 4. The minimum atomic E-state index is 0.876. The van der Waals surface area contributed by atoms with Crippen LogP contribution in [0, 0.1) is 0 Å². The third-order valence-electron chi connectivity index (χ3n) is 10.1. The van der Waals surface area contributed by atoms with E-state index < -0.39 is 0 Å². The molecule has 0 aliphatic carbocycles. The SMILES string of the molecule is c1ccc(-c2nc3ccccc3nc2-c2ccccc2-c2ccc3ccc(-c4c5ccccc5c(-c5cccnc5)c5ccccc45)cc3c2)cc1. The number of para-hydroxylation sites is 2. The summed E-state index contributed by atoms with van der Waals surface area (Å²) in [5, 5.41) is 7.27. The van der Waals surface area contributed by atoms with Crippen LogP contribution in [-0.4, -0.2) is 15.0 Å². The van der Waals surface area contributed by atoms with Crippen LogP contribution in [0.2, 0.25) is 0 Å². The zero-order chi connectivity index (χ0) is 34.4. The van der Waals surface area contributed by atoms with Crippen molar-refractivity contribution in [3.05, 3.63) is 188 Å². The molecule has 52 heavy (non-hydrogen) atoms. The molecule has 8 aromatic carbocycles. The maximum absolute atomic E-state index is 5.24. The molecule has 10 rings (SSSR count). The Kier molecular flexibility index (Phi) is 7.14. The van der Waals surface area contributed by atoms with E-state index in [1.54, 1.807) is 0 Å². The third-order valence-corrected chi connectivity index (χ3v) is 10.1. The smallest absolute Gasteiger partial charge is 0.0979 e. The Balaban J connectivity index is 1.17. The highest BCUT2D eigenvalue weighted by molar-refractivity contribution is 6.21. The largest absolute Gasteiger partial charge is 0.264 e. The molecular weight excluding hydrogens is 631 g/mol. The Morgan fingerprint density at radius 2 is 0.846 bits per heavy atom. The Morgan fingerprint density at radius 3 is 1.50 bits per heavy atom. The molecule has 0 aliphatic rings. The summed E-state index contributed by atoms with van der Waals surface area (Å²) in [5.74, 6) is 0. The number of nitrogens with zero attached hydrogens (tertiary/aromatic N) is 3. The molecule has 0 saturated heterocycles. The molecule has 0 radical (unpaired) electrons. The molecule has 3 nitrogen and oxygen atoms in total. The highest BCUT2D eigenvalue weighted by Gasteiger charge is 2.19. The first-order valence-corrected chi connectivity index (χ1v) is 17.6. The fourth-order valence-corrected chi connectivity index (χ4v) is 7.76. The number of benzene rings is 8. The van der Waals surface area contributed by atoms with Crippen molar-refractivity contribution >= 4 is 43.4 Å². The predicted molar refractivity (Wildman–Crippen MR) is 217 cm³/mol. The highest BCUT2D eigenvalue weighted by atomic mass is 14.8. The maximum atomic E-state index is 5.24. The summed E-state index contributed by atoms with van der Waals surface area (Å²) in [7, 11) is 0. The molecule has 0 N–H and O–H groups in total. The number of pyridine rings is 1. The monoisotopic (exact) mass is 661 g/mol. The molecule has 3 heteroatoms. The molecule has 0 atom stereocenters. The zero-order valence-corrected chi connectivity index (χ0v) is 28.2. The second-order valence-electron chi connectivity index (χ2n) is 13.2. The fourth-order valence-electron chi connectivity index (χ4n) is 7.76. The van der Waals surface area contributed by atoms with E-state index in [1.807, 2.05) is 48.8 Å². The second-order valence-corrected chi connectivity index (χ2v) is 13.2. The van der Waals surface area contributed by atoms with Crippen molar-refractivity contribution in [2.24, 2.45) is 0 Å². The minimum absolute atomic E-state index is 0.876. The van der Waals surface area contributed by atoms with E-state index in [0.717, 1.165) is 50.2 Å². The van der Waals surface area contributed by atoms with Gasteiger partial charge in [-0.2, -0.15) is 0 Å². The van der Waals surface area contributed by atoms with Crippen LogP contribution in [0.5, 0.6) is 0 Å². The summed E-state index contributed by atoms with van der Waals surface area (Å²) in [6.07, 6.45) is 3.80. The summed E-state index contributed by atoms with van der Waals surface area (Å²) in [5.41, 5.74) is 12.6. The van der Waals surface area contributed by atoms with Gasteiger partial charge in [-0.3, -0.25) is 4.98 Å². The van der Waals surface area contributed by atoms with E-state index in [-0.39, 0.29) is 0 Å². The van der Waals surface area contributed by atoms with Crippen molar-refractivity contribution in [1.29, 1.82) is 0 Å². The minimum Gasteiger partial charge on any atom is -0.264 e. The normalized spacial score (nSPS) is 11.5. The standard InChI is InChI=1S/C49H31N3/c1-2-13-33(14-3-1)48-49(52-45-23-11-10-22-44(45)51-48)43-21-9-4-16-38(43)34-26-24-32-25-27-35(30-37(32)29-34)46-39-17-5-7-19-41(39)47(36-15-12-28-50-31-36)42-20-8-6-18-40(42)46/h1-31H. The molecule has 0 unspecified atom stereocenters. The lowest BCUT2D eigenvalue weighted by molar-refractivity contribution is 1.29. The predicted octanol–water partition coefficient (Wildman–Crippen LogP) is 12.8. The van der Waals surface area contributed by atoms with Crippen molar-refractivity contribution in [2.75, 3.05) is 0 Å². The van der Waals surface area contributed by atoms with Gasteiger partial charge in [0.25, 0.3) is 0 Å². The van der Waals surface area contributed by atoms with Crippen LogP contribution in [0.4, 0.5) is 0 Å². The molecule has 2 aromatic heterocycles. The molecule has 0 saturated carbocycles. The van der Waals surface area contributed by atoms with Crippen LogP contribution in [-0.2, 0) is 0 Å². The Labute approximate surface area is 301 Å². The Morgan fingerprint density at radius 1 is 0.327 bits per heavy atom. The van der Waals surface area contributed by atoms with Crippen LogP contribution in [0.1, 0.15) is 0 Å². The molecule has 0 aliphatic heterocycles. The van der Waals surface area contributed by atoms with Gasteiger partial charge in [-0.05, 0) is 90.5 Å². The molecule has 0 fully saturated rings. The number of rotatable bonds is 5. The summed E-state index contributed by atoms with van der Waals surface area (Å²) in [4.78, 5) is 14.9. The first-order chi connectivity index (χ1) is 25.8. The van der Waals surface area contributed by atoms with E-state index in [0.29, 0.717) is 0 Å². The highest BCUT2D eigenvalue weighted by Crippen LogP contribution is 2.44. The van der Waals surface area contributed by atoms with E-state index >= 15 is 0 Å². The number of aromatic nitrogens is 3. The first kappa shape index (κ1) is 29.9. The maximum Gasteiger partial charge on any atom is 0.0979 e. The quantitative estimate of drug-likeness (QED) is 0.172. The van der Waals surface area contributed by atoms with Crippen LogP contribution in [0.3, 0.4) is 0 Å². The van der Waals surface area contributed by atoms with Gasteiger partial charge in [0, 0.05) is 29.1 Å². The lowest BCUT2D eigenvalue weighted by atomic mass is 9.85. The van der Waals surface area contributed by atoms with Gasteiger partial charge < -0.3 is 0 Å². The van der Waals surface area contributed by atoms with Gasteiger partial charge in [0.1, 0.15) is 0 Å². The molecule has 2 heterocycles. The van der Waals surface area contributed by atoms with Crippen molar-refractivity contribution in [1.82, 2.24) is 15.0 Å². The van der Waals surface area contributed by atoms with Gasteiger partial charge in [0.15, 0.2) is 0 Å². The summed E-state index contributed by atoms with van der Waals surface area (Å²) in [6.45, 7) is 0. The van der Waals surface area contributed by atoms with Crippen LogP contribution in [0.25, 0.3) is 99.2 Å². The van der Waals surface area contributed by atoms with Gasteiger partial charge in [-0.25, -0.2) is 9.97 Å². The lowest BCUT2D eigenvalue weighted by Gasteiger charge is -2.18. The third kappa shape index (κ3) is 5.02. The van der Waals surface area contributed by atoms with Crippen molar-refractivity contribution < 1.29 is 0 Å². The molecule has 10 aromatic rings. The van der Waals surface area contributed by atoms with Crippen LogP contribution in [0.15, 0.2) is 188 Å². The van der Waals surface area contributed by atoms with Crippen LogP contribution < -0.4 is 0 Å². The summed E-state index contributed by atoms with van der Waals surface area (Å²) < 4.78 is 0. The number of hydrogen-bond donors (Lipinski definition) is 0. The van der Waals surface area contributed by atoms with Gasteiger partial charge in [-0.15, -0.1) is 0 Å². The molecule has 0 amide bonds. The second kappa shape index (κ2) is 12.4. The summed E-state index contributed by atoms with van der Waals surface area (Å²) >= 11 is 0. The average molecular weight is 662 g/mol. The van der Waals surface area contributed by atoms with E-state index in [9.17, 15) is 0 Å². The fraction of sp³-hybridized carbons (Fsp3) is 0. The Hall–Kier alpha value is -6.97. The molecule has 0 spiro atoms. The van der Waals surface area contributed by atoms with E-state index in [4.69, 9.17) is 9.97 Å². The lowest BCUT2D eigenvalue weighted by Crippen LogP contribution is -1.97. The van der Waals surface area contributed by atoms with E-state index in [2.05, 4.69) is 145 Å². The molecule has 242 valence electrons. The Bertz CT molecular complexity index is 2890. The van der Waals surface area contributed by atoms with Crippen molar-refractivity contribution in [2.45, 2.75) is 0 Å². The number of hydrogen-bond acceptors (Lipinski definition) is 3.